The highest BCUT2D eigenvalue weighted by Gasteiger charge is 2.13. The first-order valence-corrected chi connectivity index (χ1v) is 9.37. The largest absolute Gasteiger partial charge is 0.484 e. The van der Waals surface area contributed by atoms with Crippen LogP contribution in [0.15, 0.2) is 60.9 Å². The second-order valence-corrected chi connectivity index (χ2v) is 7.59. The molecule has 1 aromatic carbocycles. The van der Waals surface area contributed by atoms with E-state index in [1.165, 1.54) is 5.56 Å². The molecular formula is C22H26N4O2. The lowest BCUT2D eigenvalue weighted by Gasteiger charge is -2.19. The number of ether oxygens (including phenoxy) is 1. The normalized spacial score (nSPS) is 11.2. The van der Waals surface area contributed by atoms with Crippen molar-refractivity contribution in [3.63, 3.8) is 0 Å². The van der Waals surface area contributed by atoms with Gasteiger partial charge in [0.15, 0.2) is 6.61 Å². The van der Waals surface area contributed by atoms with Crippen LogP contribution in [0.25, 0.3) is 11.4 Å². The van der Waals surface area contributed by atoms with E-state index in [0.717, 1.165) is 11.4 Å². The summed E-state index contributed by atoms with van der Waals surface area (Å²) < 4.78 is 7.35. The predicted molar refractivity (Wildman–Crippen MR) is 109 cm³/mol. The Morgan fingerprint density at radius 3 is 2.54 bits per heavy atom. The maximum absolute atomic E-state index is 12.0. The molecule has 146 valence electrons. The molecule has 0 atom stereocenters. The van der Waals surface area contributed by atoms with Gasteiger partial charge in [-0.05, 0) is 41.3 Å². The molecule has 28 heavy (non-hydrogen) atoms. The molecule has 0 aliphatic heterocycles. The molecule has 0 unspecified atom stereocenters. The zero-order valence-electron chi connectivity index (χ0n) is 16.6. The van der Waals surface area contributed by atoms with Crippen LogP contribution in [-0.4, -0.2) is 33.8 Å². The number of pyridine rings is 1. The second-order valence-electron chi connectivity index (χ2n) is 7.59. The summed E-state index contributed by atoms with van der Waals surface area (Å²) in [6, 6.07) is 15.5. The summed E-state index contributed by atoms with van der Waals surface area (Å²) in [6.45, 7) is 7.54. The van der Waals surface area contributed by atoms with Gasteiger partial charge in [0.2, 0.25) is 0 Å². The van der Waals surface area contributed by atoms with E-state index in [1.807, 2.05) is 54.7 Å². The van der Waals surface area contributed by atoms with Crippen LogP contribution in [0.2, 0.25) is 0 Å². The van der Waals surface area contributed by atoms with Gasteiger partial charge in [-0.2, -0.15) is 5.10 Å². The quantitative estimate of drug-likeness (QED) is 0.684. The van der Waals surface area contributed by atoms with Gasteiger partial charge in [-0.1, -0.05) is 39.0 Å². The van der Waals surface area contributed by atoms with E-state index in [2.05, 4.69) is 36.2 Å². The maximum Gasteiger partial charge on any atom is 0.258 e. The van der Waals surface area contributed by atoms with Crippen molar-refractivity contribution in [1.29, 1.82) is 0 Å². The third kappa shape index (κ3) is 5.42. The minimum atomic E-state index is -0.156. The zero-order valence-corrected chi connectivity index (χ0v) is 16.6. The highest BCUT2D eigenvalue weighted by molar-refractivity contribution is 5.77. The van der Waals surface area contributed by atoms with Gasteiger partial charge >= 0.3 is 0 Å². The van der Waals surface area contributed by atoms with E-state index in [0.29, 0.717) is 18.8 Å². The van der Waals surface area contributed by atoms with Crippen molar-refractivity contribution in [2.45, 2.75) is 32.7 Å². The molecule has 6 heteroatoms. The van der Waals surface area contributed by atoms with Gasteiger partial charge in [-0.25, -0.2) is 0 Å². The number of nitrogens with zero attached hydrogens (tertiary/aromatic N) is 3. The number of amides is 1. The summed E-state index contributed by atoms with van der Waals surface area (Å²) in [5.41, 5.74) is 2.97. The molecule has 1 amide bonds. The lowest BCUT2D eigenvalue weighted by atomic mass is 9.87. The molecule has 6 nitrogen and oxygen atoms in total. The first-order chi connectivity index (χ1) is 13.4. The van der Waals surface area contributed by atoms with E-state index in [9.17, 15) is 4.79 Å². The molecule has 0 bridgehead atoms. The molecule has 0 fully saturated rings. The van der Waals surface area contributed by atoms with Gasteiger partial charge in [-0.3, -0.25) is 14.5 Å². The van der Waals surface area contributed by atoms with Gasteiger partial charge in [0.1, 0.15) is 11.4 Å². The number of benzene rings is 1. The summed E-state index contributed by atoms with van der Waals surface area (Å²) in [5.74, 6) is 0.534. The highest BCUT2D eigenvalue weighted by Crippen LogP contribution is 2.24. The molecule has 0 saturated heterocycles. The van der Waals surface area contributed by atoms with Crippen molar-refractivity contribution in [1.82, 2.24) is 20.1 Å². The molecule has 0 radical (unpaired) electrons. The number of carbonyl (C=O) groups excluding carboxylic acids is 1. The van der Waals surface area contributed by atoms with Crippen molar-refractivity contribution >= 4 is 5.91 Å². The van der Waals surface area contributed by atoms with Crippen LogP contribution in [0.3, 0.4) is 0 Å². The van der Waals surface area contributed by atoms with Crippen molar-refractivity contribution < 1.29 is 9.53 Å². The molecule has 0 saturated carbocycles. The Kier molecular flexibility index (Phi) is 6.09. The molecule has 2 aromatic heterocycles. The number of carbonyl (C=O) groups is 1. The highest BCUT2D eigenvalue weighted by atomic mass is 16.5. The molecule has 0 aliphatic carbocycles. The molecule has 3 aromatic rings. The van der Waals surface area contributed by atoms with E-state index in [4.69, 9.17) is 4.74 Å². The summed E-state index contributed by atoms with van der Waals surface area (Å²) in [6.07, 6.45) is 3.62. The standard InChI is InChI=1S/C22H26N4O2/c1-22(2,3)17-7-9-18(10-8-17)28-16-21(27)24-13-15-26-14-11-20(25-26)19-6-4-5-12-23-19/h4-12,14H,13,15-16H2,1-3H3,(H,24,27). The fraction of sp³-hybridized carbons (Fsp3) is 0.318. The molecule has 0 spiro atoms. The van der Waals surface area contributed by atoms with Crippen LogP contribution in [0.1, 0.15) is 26.3 Å². The third-order valence-electron chi connectivity index (χ3n) is 4.32. The molecule has 0 aliphatic rings. The van der Waals surface area contributed by atoms with Gasteiger partial charge < -0.3 is 10.1 Å². The number of aromatic nitrogens is 3. The van der Waals surface area contributed by atoms with Crippen LogP contribution in [-0.2, 0) is 16.8 Å². The summed E-state index contributed by atoms with van der Waals surface area (Å²) >= 11 is 0. The number of rotatable bonds is 7. The minimum Gasteiger partial charge on any atom is -0.484 e. The molecule has 3 rings (SSSR count). The fourth-order valence-corrected chi connectivity index (χ4v) is 2.70. The van der Waals surface area contributed by atoms with E-state index in [-0.39, 0.29) is 17.9 Å². The summed E-state index contributed by atoms with van der Waals surface area (Å²) in [7, 11) is 0. The van der Waals surface area contributed by atoms with Crippen molar-refractivity contribution in [3.8, 4) is 17.1 Å². The van der Waals surface area contributed by atoms with Crippen LogP contribution in [0, 0.1) is 0 Å². The van der Waals surface area contributed by atoms with E-state index in [1.54, 1.807) is 10.9 Å². The predicted octanol–water partition coefficient (Wildman–Crippen LogP) is 3.44. The Labute approximate surface area is 165 Å². The maximum atomic E-state index is 12.0. The Bertz CT molecular complexity index is 896. The van der Waals surface area contributed by atoms with Gasteiger partial charge in [0, 0.05) is 18.9 Å². The number of hydrogen-bond acceptors (Lipinski definition) is 4. The van der Waals surface area contributed by atoms with Gasteiger partial charge in [-0.15, -0.1) is 0 Å². The number of nitrogens with one attached hydrogen (secondary N) is 1. The molecule has 2 heterocycles. The van der Waals surface area contributed by atoms with Crippen molar-refractivity contribution in [3.05, 3.63) is 66.5 Å². The Morgan fingerprint density at radius 2 is 1.86 bits per heavy atom. The lowest BCUT2D eigenvalue weighted by Crippen LogP contribution is -2.31. The second kappa shape index (κ2) is 8.69. The molecular weight excluding hydrogens is 352 g/mol. The summed E-state index contributed by atoms with van der Waals surface area (Å²) in [5, 5.41) is 7.32. The van der Waals surface area contributed by atoms with Crippen LogP contribution in [0.5, 0.6) is 5.75 Å². The zero-order chi connectivity index (χ0) is 20.0. The summed E-state index contributed by atoms with van der Waals surface area (Å²) in [4.78, 5) is 16.3. The number of hydrogen-bond donors (Lipinski definition) is 1. The average molecular weight is 378 g/mol. The minimum absolute atomic E-state index is 0.00679. The first-order valence-electron chi connectivity index (χ1n) is 9.37. The Hall–Kier alpha value is -3.15. The smallest absolute Gasteiger partial charge is 0.258 e. The van der Waals surface area contributed by atoms with Gasteiger partial charge in [0.25, 0.3) is 5.91 Å². The fourth-order valence-electron chi connectivity index (χ4n) is 2.70. The van der Waals surface area contributed by atoms with E-state index >= 15 is 0 Å². The SMILES string of the molecule is CC(C)(C)c1ccc(OCC(=O)NCCn2ccc(-c3ccccn3)n2)cc1. The average Bonchev–Trinajstić information content (AvgIpc) is 3.16. The van der Waals surface area contributed by atoms with E-state index < -0.39 is 0 Å². The van der Waals surface area contributed by atoms with Crippen LogP contribution < -0.4 is 10.1 Å². The van der Waals surface area contributed by atoms with Crippen molar-refractivity contribution in [2.75, 3.05) is 13.2 Å². The monoisotopic (exact) mass is 378 g/mol. The Balaban J connectivity index is 1.41. The van der Waals surface area contributed by atoms with Crippen molar-refractivity contribution in [2.24, 2.45) is 0 Å². The molecule has 1 N–H and O–H groups in total. The van der Waals surface area contributed by atoms with Crippen LogP contribution >= 0.6 is 0 Å². The van der Waals surface area contributed by atoms with Crippen LogP contribution in [0.4, 0.5) is 0 Å². The Morgan fingerprint density at radius 1 is 1.07 bits per heavy atom. The lowest BCUT2D eigenvalue weighted by molar-refractivity contribution is -0.123. The van der Waals surface area contributed by atoms with Gasteiger partial charge in [0.05, 0.1) is 12.2 Å². The third-order valence-corrected chi connectivity index (χ3v) is 4.32. The first kappa shape index (κ1) is 19.6. The topological polar surface area (TPSA) is 69.0 Å².